The molecule has 0 aromatic carbocycles. The van der Waals surface area contributed by atoms with E-state index in [0.29, 0.717) is 12.9 Å². The van der Waals surface area contributed by atoms with Crippen molar-refractivity contribution < 1.29 is 19.1 Å². The minimum absolute atomic E-state index is 0.385. The molecule has 0 fully saturated rings. The summed E-state index contributed by atoms with van der Waals surface area (Å²) in [6, 6.07) is 0. The maximum Gasteiger partial charge on any atom is 0.297 e. The smallest absolute Gasteiger partial charge is 0.297 e. The molecule has 0 heterocycles. The minimum Gasteiger partial charge on any atom is -0.437 e. The van der Waals surface area contributed by atoms with Gasteiger partial charge in [-0.15, -0.1) is 0 Å². The van der Waals surface area contributed by atoms with Gasteiger partial charge in [0, 0.05) is 0 Å². The lowest BCUT2D eigenvalue weighted by Crippen LogP contribution is -1.76. The second-order valence-electron chi connectivity index (χ2n) is 2.49. The molecule has 14 heavy (non-hydrogen) atoms. The number of carbonyl (C=O) groups excluding carboxylic acids is 2. The van der Waals surface area contributed by atoms with Gasteiger partial charge in [-0.3, -0.25) is 9.59 Å². The van der Waals surface area contributed by atoms with Crippen LogP contribution in [0.3, 0.4) is 0 Å². The van der Waals surface area contributed by atoms with Gasteiger partial charge in [0.25, 0.3) is 12.9 Å². The average molecular weight is 198 g/mol. The van der Waals surface area contributed by atoms with Crippen LogP contribution in [0, 0.1) is 0 Å². The largest absolute Gasteiger partial charge is 0.437 e. The number of unbranched alkanes of at least 4 members (excludes halogenated alkanes) is 3. The molecule has 0 radical (unpaired) electrons. The van der Waals surface area contributed by atoms with Crippen LogP contribution in [-0.2, 0) is 19.1 Å². The molecular formula is C10H14O4. The maximum absolute atomic E-state index is 9.72. The third-order valence-corrected chi connectivity index (χ3v) is 1.45. The van der Waals surface area contributed by atoms with Crippen LogP contribution in [0.15, 0.2) is 24.7 Å². The molecular weight excluding hydrogens is 184 g/mol. The molecule has 0 aromatic heterocycles. The van der Waals surface area contributed by atoms with E-state index in [-0.39, 0.29) is 0 Å². The number of hydrogen-bond acceptors (Lipinski definition) is 4. The molecule has 0 aliphatic rings. The molecule has 0 unspecified atom stereocenters. The molecule has 0 N–H and O–H groups in total. The van der Waals surface area contributed by atoms with E-state index in [9.17, 15) is 9.59 Å². The highest BCUT2D eigenvalue weighted by atomic mass is 16.5. The van der Waals surface area contributed by atoms with Crippen LogP contribution in [-0.4, -0.2) is 12.9 Å². The third-order valence-electron chi connectivity index (χ3n) is 1.45. The second kappa shape index (κ2) is 11.4. The molecule has 0 aromatic rings. The van der Waals surface area contributed by atoms with Gasteiger partial charge in [0.2, 0.25) is 0 Å². The Balaban J connectivity index is 3.12. The van der Waals surface area contributed by atoms with E-state index in [1.165, 1.54) is 12.5 Å². The van der Waals surface area contributed by atoms with E-state index >= 15 is 0 Å². The van der Waals surface area contributed by atoms with Gasteiger partial charge in [-0.25, -0.2) is 0 Å². The van der Waals surface area contributed by atoms with Crippen molar-refractivity contribution >= 4 is 12.9 Å². The van der Waals surface area contributed by atoms with Crippen molar-refractivity contribution in [2.75, 3.05) is 0 Å². The van der Waals surface area contributed by atoms with Gasteiger partial charge in [0.15, 0.2) is 0 Å². The highest BCUT2D eigenvalue weighted by Gasteiger charge is 1.83. The maximum atomic E-state index is 9.72. The Morgan fingerprint density at radius 3 is 1.57 bits per heavy atom. The van der Waals surface area contributed by atoms with E-state index < -0.39 is 0 Å². The normalized spacial score (nSPS) is 10.6. The summed E-state index contributed by atoms with van der Waals surface area (Å²) in [7, 11) is 0. The van der Waals surface area contributed by atoms with Crippen molar-refractivity contribution in [2.45, 2.75) is 25.7 Å². The lowest BCUT2D eigenvalue weighted by molar-refractivity contribution is -0.124. The first kappa shape index (κ1) is 12.4. The second-order valence-corrected chi connectivity index (χ2v) is 2.49. The predicted octanol–water partition coefficient (Wildman–Crippen LogP) is 1.92. The molecule has 4 heteroatoms. The molecule has 0 saturated carbocycles. The number of allylic oxidation sites excluding steroid dienone is 2. The lowest BCUT2D eigenvalue weighted by Gasteiger charge is -1.92. The minimum atomic E-state index is 0.385. The third kappa shape index (κ3) is 10.4. The first-order valence-electron chi connectivity index (χ1n) is 4.40. The molecule has 78 valence electrons. The Morgan fingerprint density at radius 2 is 1.21 bits per heavy atom. The summed E-state index contributed by atoms with van der Waals surface area (Å²) in [5, 5.41) is 0. The van der Waals surface area contributed by atoms with Gasteiger partial charge in [0.1, 0.15) is 0 Å². The molecule has 0 aliphatic carbocycles. The van der Waals surface area contributed by atoms with Crippen molar-refractivity contribution in [1.29, 1.82) is 0 Å². The van der Waals surface area contributed by atoms with E-state index in [2.05, 4.69) is 9.47 Å². The van der Waals surface area contributed by atoms with Crippen molar-refractivity contribution in [3.05, 3.63) is 24.7 Å². The van der Waals surface area contributed by atoms with Gasteiger partial charge in [-0.05, 0) is 37.8 Å². The highest BCUT2D eigenvalue weighted by molar-refractivity contribution is 5.38. The Bertz CT molecular complexity index is 174. The number of hydrogen-bond donors (Lipinski definition) is 0. The van der Waals surface area contributed by atoms with Crippen molar-refractivity contribution in [1.82, 2.24) is 0 Å². The summed E-state index contributed by atoms with van der Waals surface area (Å²) in [6.45, 7) is 0.770. The van der Waals surface area contributed by atoms with Gasteiger partial charge >= 0.3 is 0 Å². The van der Waals surface area contributed by atoms with Crippen molar-refractivity contribution in [3.8, 4) is 0 Å². The fraction of sp³-hybridized carbons (Fsp3) is 0.400. The molecule has 0 spiro atoms. The summed E-state index contributed by atoms with van der Waals surface area (Å²) < 4.78 is 8.72. The average Bonchev–Trinajstić information content (AvgIpc) is 2.21. The highest BCUT2D eigenvalue weighted by Crippen LogP contribution is 2.01. The zero-order valence-electron chi connectivity index (χ0n) is 7.93. The molecule has 0 amide bonds. The fourth-order valence-corrected chi connectivity index (χ4v) is 0.836. The summed E-state index contributed by atoms with van der Waals surface area (Å²) in [5.74, 6) is 0. The molecule has 0 bridgehead atoms. The Labute approximate surface area is 83.2 Å². The predicted molar refractivity (Wildman–Crippen MR) is 51.0 cm³/mol. The van der Waals surface area contributed by atoms with Gasteiger partial charge < -0.3 is 9.47 Å². The van der Waals surface area contributed by atoms with E-state index in [0.717, 1.165) is 25.7 Å². The quantitative estimate of drug-likeness (QED) is 0.322. The van der Waals surface area contributed by atoms with E-state index in [1.54, 1.807) is 12.2 Å². The van der Waals surface area contributed by atoms with Gasteiger partial charge in [0.05, 0.1) is 12.5 Å². The molecule has 4 nitrogen and oxygen atoms in total. The van der Waals surface area contributed by atoms with Crippen LogP contribution in [0.2, 0.25) is 0 Å². The standard InChI is InChI=1S/C10H14O4/c11-9-13-7-5-3-1-2-4-6-8-14-10-12/h5-10H,1-4H2/b7-5-,8-6-. The van der Waals surface area contributed by atoms with Crippen molar-refractivity contribution in [2.24, 2.45) is 0 Å². The topological polar surface area (TPSA) is 52.6 Å². The van der Waals surface area contributed by atoms with Crippen LogP contribution in [0.25, 0.3) is 0 Å². The molecule has 0 saturated heterocycles. The molecule has 0 rings (SSSR count). The monoisotopic (exact) mass is 198 g/mol. The lowest BCUT2D eigenvalue weighted by atomic mass is 10.2. The first-order valence-corrected chi connectivity index (χ1v) is 4.40. The van der Waals surface area contributed by atoms with Gasteiger partial charge in [-0.1, -0.05) is 0 Å². The molecule has 0 aliphatic heterocycles. The van der Waals surface area contributed by atoms with Gasteiger partial charge in [-0.2, -0.15) is 0 Å². The summed E-state index contributed by atoms with van der Waals surface area (Å²) in [5.41, 5.74) is 0. The summed E-state index contributed by atoms with van der Waals surface area (Å²) in [4.78, 5) is 19.4. The number of ether oxygens (including phenoxy) is 2. The summed E-state index contributed by atoms with van der Waals surface area (Å²) in [6.07, 6.45) is 10.1. The number of carbonyl (C=O) groups is 2. The van der Waals surface area contributed by atoms with E-state index in [4.69, 9.17) is 0 Å². The summed E-state index contributed by atoms with van der Waals surface area (Å²) >= 11 is 0. The van der Waals surface area contributed by atoms with Crippen LogP contribution in [0.4, 0.5) is 0 Å². The fourth-order valence-electron chi connectivity index (χ4n) is 0.836. The number of rotatable bonds is 9. The Morgan fingerprint density at radius 1 is 0.786 bits per heavy atom. The Kier molecular flexibility index (Phi) is 10.1. The molecule has 0 atom stereocenters. The Hall–Kier alpha value is -1.58. The zero-order chi connectivity index (χ0) is 10.5. The first-order chi connectivity index (χ1) is 6.91. The van der Waals surface area contributed by atoms with Crippen LogP contribution >= 0.6 is 0 Å². The van der Waals surface area contributed by atoms with Crippen LogP contribution in [0.5, 0.6) is 0 Å². The van der Waals surface area contributed by atoms with E-state index in [1.807, 2.05) is 0 Å². The zero-order valence-corrected chi connectivity index (χ0v) is 7.93. The SMILES string of the molecule is O=CO/C=C\CCCC/C=C\OC=O. The van der Waals surface area contributed by atoms with Crippen LogP contribution in [0.1, 0.15) is 25.7 Å². The van der Waals surface area contributed by atoms with Crippen molar-refractivity contribution in [3.63, 3.8) is 0 Å². The van der Waals surface area contributed by atoms with Crippen LogP contribution < -0.4 is 0 Å².